The summed E-state index contributed by atoms with van der Waals surface area (Å²) in [4.78, 5) is 16.1. The molecule has 19 heavy (non-hydrogen) atoms. The average molecular weight is 266 g/mol. The fourth-order valence-corrected chi connectivity index (χ4v) is 2.59. The van der Waals surface area contributed by atoms with Gasteiger partial charge in [0, 0.05) is 12.6 Å². The maximum absolute atomic E-state index is 12.0. The van der Waals surface area contributed by atoms with Gasteiger partial charge in [-0.1, -0.05) is 13.8 Å². The van der Waals surface area contributed by atoms with Gasteiger partial charge in [-0.25, -0.2) is 4.98 Å². The summed E-state index contributed by atoms with van der Waals surface area (Å²) in [5.41, 5.74) is -0.0921. The van der Waals surface area contributed by atoms with Crippen LogP contribution in [0.1, 0.15) is 56.0 Å². The summed E-state index contributed by atoms with van der Waals surface area (Å²) in [5.74, 6) is 0.647. The van der Waals surface area contributed by atoms with Crippen molar-refractivity contribution < 1.29 is 9.53 Å². The summed E-state index contributed by atoms with van der Waals surface area (Å²) in [7, 11) is 0. The Morgan fingerprint density at radius 2 is 2.26 bits per heavy atom. The van der Waals surface area contributed by atoms with Gasteiger partial charge in [0.25, 0.3) is 5.91 Å². The minimum atomic E-state index is -0.211. The maximum atomic E-state index is 12.0. The van der Waals surface area contributed by atoms with E-state index in [1.165, 1.54) is 0 Å². The lowest BCUT2D eigenvalue weighted by Gasteiger charge is -2.40. The smallest absolute Gasteiger partial charge is 0.291 e. The molecule has 2 heterocycles. The van der Waals surface area contributed by atoms with Gasteiger partial charge in [-0.3, -0.25) is 9.89 Å². The Kier molecular flexibility index (Phi) is 4.19. The highest BCUT2D eigenvalue weighted by molar-refractivity contribution is 5.90. The quantitative estimate of drug-likeness (QED) is 0.867. The van der Waals surface area contributed by atoms with Gasteiger partial charge in [0.05, 0.1) is 5.60 Å². The van der Waals surface area contributed by atoms with Gasteiger partial charge in [0.2, 0.25) is 5.82 Å². The molecule has 1 aliphatic rings. The molecule has 1 unspecified atom stereocenters. The van der Waals surface area contributed by atoms with Gasteiger partial charge in [-0.2, -0.15) is 0 Å². The molecular weight excluding hydrogens is 244 g/mol. The van der Waals surface area contributed by atoms with E-state index in [4.69, 9.17) is 4.74 Å². The molecule has 0 aliphatic carbocycles. The number of carbonyl (C=O) groups excluding carboxylic acids is 1. The SMILES string of the molecule is CCC1(CC)CC(NC(=O)c2n[nH]c(C)n2)CCO1. The normalized spacial score (nSPS) is 22.2. The molecule has 0 bridgehead atoms. The number of hydrogen-bond donors (Lipinski definition) is 2. The third kappa shape index (κ3) is 3.12. The molecule has 0 aromatic carbocycles. The van der Waals surface area contributed by atoms with Crippen LogP contribution in [-0.4, -0.2) is 39.3 Å². The molecule has 0 spiro atoms. The van der Waals surface area contributed by atoms with E-state index < -0.39 is 0 Å². The zero-order valence-corrected chi connectivity index (χ0v) is 11.8. The van der Waals surface area contributed by atoms with Crippen LogP contribution in [0.25, 0.3) is 0 Å². The number of ether oxygens (including phenoxy) is 1. The van der Waals surface area contributed by atoms with Crippen LogP contribution in [0, 0.1) is 6.92 Å². The van der Waals surface area contributed by atoms with Crippen LogP contribution in [0.15, 0.2) is 0 Å². The molecule has 1 aromatic rings. The Morgan fingerprint density at radius 3 is 2.84 bits per heavy atom. The van der Waals surface area contributed by atoms with Crippen LogP contribution < -0.4 is 5.32 Å². The van der Waals surface area contributed by atoms with Crippen molar-refractivity contribution in [1.82, 2.24) is 20.5 Å². The van der Waals surface area contributed by atoms with E-state index in [9.17, 15) is 4.79 Å². The number of rotatable bonds is 4. The molecule has 2 rings (SSSR count). The molecule has 0 saturated carbocycles. The minimum Gasteiger partial charge on any atom is -0.375 e. The molecule has 1 aliphatic heterocycles. The van der Waals surface area contributed by atoms with Crippen molar-refractivity contribution in [3.63, 3.8) is 0 Å². The van der Waals surface area contributed by atoms with E-state index in [1.807, 2.05) is 0 Å². The molecule has 1 saturated heterocycles. The first-order valence-electron chi connectivity index (χ1n) is 6.92. The van der Waals surface area contributed by atoms with Crippen LogP contribution in [0.4, 0.5) is 0 Å². The fraction of sp³-hybridized carbons (Fsp3) is 0.769. The van der Waals surface area contributed by atoms with Gasteiger partial charge >= 0.3 is 0 Å². The molecule has 1 atom stereocenters. The Labute approximate surface area is 113 Å². The minimum absolute atomic E-state index is 0.0921. The summed E-state index contributed by atoms with van der Waals surface area (Å²) in [5, 5.41) is 9.57. The van der Waals surface area contributed by atoms with Crippen LogP contribution in [-0.2, 0) is 4.74 Å². The van der Waals surface area contributed by atoms with Gasteiger partial charge in [0.15, 0.2) is 0 Å². The lowest BCUT2D eigenvalue weighted by Crippen LogP contribution is -2.48. The van der Waals surface area contributed by atoms with Crippen molar-refractivity contribution in [2.24, 2.45) is 0 Å². The monoisotopic (exact) mass is 266 g/mol. The fourth-order valence-electron chi connectivity index (χ4n) is 2.59. The van der Waals surface area contributed by atoms with E-state index in [2.05, 4.69) is 34.3 Å². The Morgan fingerprint density at radius 1 is 1.53 bits per heavy atom. The van der Waals surface area contributed by atoms with Crippen molar-refractivity contribution in [3.05, 3.63) is 11.6 Å². The third-order valence-corrected chi connectivity index (χ3v) is 3.92. The van der Waals surface area contributed by atoms with Gasteiger partial charge < -0.3 is 10.1 Å². The summed E-state index contributed by atoms with van der Waals surface area (Å²) in [6, 6.07) is 0.139. The van der Waals surface area contributed by atoms with Crippen LogP contribution in [0.2, 0.25) is 0 Å². The number of carbonyl (C=O) groups is 1. The largest absolute Gasteiger partial charge is 0.375 e. The number of aromatic nitrogens is 3. The van der Waals surface area contributed by atoms with Gasteiger partial charge in [-0.15, -0.1) is 5.10 Å². The summed E-state index contributed by atoms with van der Waals surface area (Å²) >= 11 is 0. The number of nitrogens with zero attached hydrogens (tertiary/aromatic N) is 2. The molecule has 6 heteroatoms. The van der Waals surface area contributed by atoms with E-state index >= 15 is 0 Å². The number of hydrogen-bond acceptors (Lipinski definition) is 4. The van der Waals surface area contributed by atoms with Crippen molar-refractivity contribution in [2.75, 3.05) is 6.61 Å². The van der Waals surface area contributed by atoms with E-state index in [0.717, 1.165) is 25.7 Å². The number of aromatic amines is 1. The molecule has 106 valence electrons. The summed E-state index contributed by atoms with van der Waals surface area (Å²) in [6.45, 7) is 6.73. The maximum Gasteiger partial charge on any atom is 0.291 e. The Balaban J connectivity index is 1.97. The lowest BCUT2D eigenvalue weighted by atomic mass is 9.86. The first-order chi connectivity index (χ1) is 9.08. The standard InChI is InChI=1S/C13H22N4O2/c1-4-13(5-2)8-10(6-7-19-13)15-12(18)11-14-9(3)16-17-11/h10H,4-8H2,1-3H3,(H,15,18)(H,14,16,17). The number of amides is 1. The zero-order chi connectivity index (χ0) is 13.9. The number of aryl methyl sites for hydroxylation is 1. The second-order valence-corrected chi connectivity index (χ2v) is 5.15. The highest BCUT2D eigenvalue weighted by atomic mass is 16.5. The second kappa shape index (κ2) is 5.69. The van der Waals surface area contributed by atoms with Crippen molar-refractivity contribution in [2.45, 2.75) is 58.1 Å². The predicted octanol–water partition coefficient (Wildman–Crippen LogP) is 1.58. The average Bonchev–Trinajstić information content (AvgIpc) is 2.85. The molecule has 1 aromatic heterocycles. The second-order valence-electron chi connectivity index (χ2n) is 5.15. The highest BCUT2D eigenvalue weighted by Crippen LogP contribution is 2.31. The van der Waals surface area contributed by atoms with Crippen LogP contribution in [0.3, 0.4) is 0 Å². The molecule has 1 fully saturated rings. The van der Waals surface area contributed by atoms with Crippen molar-refractivity contribution in [1.29, 1.82) is 0 Å². The van der Waals surface area contributed by atoms with Crippen LogP contribution >= 0.6 is 0 Å². The lowest BCUT2D eigenvalue weighted by molar-refractivity contribution is -0.0918. The van der Waals surface area contributed by atoms with E-state index in [0.29, 0.717) is 12.4 Å². The highest BCUT2D eigenvalue weighted by Gasteiger charge is 2.35. The number of nitrogens with one attached hydrogen (secondary N) is 2. The van der Waals surface area contributed by atoms with E-state index in [1.54, 1.807) is 6.92 Å². The summed E-state index contributed by atoms with van der Waals surface area (Å²) < 4.78 is 5.90. The molecule has 2 N–H and O–H groups in total. The van der Waals surface area contributed by atoms with Crippen molar-refractivity contribution in [3.8, 4) is 0 Å². The third-order valence-electron chi connectivity index (χ3n) is 3.92. The van der Waals surface area contributed by atoms with Gasteiger partial charge in [-0.05, 0) is 32.6 Å². The molecule has 6 nitrogen and oxygen atoms in total. The van der Waals surface area contributed by atoms with E-state index in [-0.39, 0.29) is 23.4 Å². The first-order valence-corrected chi connectivity index (χ1v) is 6.92. The van der Waals surface area contributed by atoms with Crippen LogP contribution in [0.5, 0.6) is 0 Å². The van der Waals surface area contributed by atoms with Gasteiger partial charge in [0.1, 0.15) is 5.82 Å². The number of H-pyrrole nitrogens is 1. The molecular formula is C13H22N4O2. The molecule has 1 amide bonds. The Bertz CT molecular complexity index is 440. The molecule has 0 radical (unpaired) electrons. The zero-order valence-electron chi connectivity index (χ0n) is 11.8. The Hall–Kier alpha value is -1.43. The summed E-state index contributed by atoms with van der Waals surface area (Å²) in [6.07, 6.45) is 3.64. The van der Waals surface area contributed by atoms with Crippen molar-refractivity contribution >= 4 is 5.91 Å². The predicted molar refractivity (Wildman–Crippen MR) is 70.9 cm³/mol. The first kappa shape index (κ1) is 14.0. The topological polar surface area (TPSA) is 79.9 Å².